The quantitative estimate of drug-likeness (QED) is 0.725. The molecule has 0 atom stereocenters. The van der Waals surface area contributed by atoms with E-state index < -0.39 is 0 Å². The van der Waals surface area contributed by atoms with Crippen molar-refractivity contribution >= 4 is 11.4 Å². The molecule has 0 heterocycles. The highest BCUT2D eigenvalue weighted by Gasteiger charge is 2.08. The van der Waals surface area contributed by atoms with E-state index in [2.05, 4.69) is 18.7 Å². The standard InChI is InChI=1S/C13H22N2O/c1-3-4-7-15(8-9-16)13-6-5-12(14)10-11(13)2/h5-6,10,16H,3-4,7-9,14H2,1-2H3. The van der Waals surface area contributed by atoms with Crippen LogP contribution in [-0.2, 0) is 0 Å². The number of nitrogen functional groups attached to an aromatic ring is 1. The van der Waals surface area contributed by atoms with Gasteiger partial charge in [-0.1, -0.05) is 13.3 Å². The number of hydrogen-bond acceptors (Lipinski definition) is 3. The summed E-state index contributed by atoms with van der Waals surface area (Å²) in [4.78, 5) is 2.22. The molecule has 0 unspecified atom stereocenters. The summed E-state index contributed by atoms with van der Waals surface area (Å²) in [5, 5.41) is 9.08. The molecular weight excluding hydrogens is 200 g/mol. The zero-order chi connectivity index (χ0) is 12.0. The molecule has 1 aromatic rings. The first-order chi connectivity index (χ1) is 7.69. The van der Waals surface area contributed by atoms with E-state index in [9.17, 15) is 0 Å². The summed E-state index contributed by atoms with van der Waals surface area (Å²) < 4.78 is 0. The normalized spacial score (nSPS) is 10.4. The SMILES string of the molecule is CCCCN(CCO)c1ccc(N)cc1C. The number of anilines is 2. The van der Waals surface area contributed by atoms with Crippen molar-refractivity contribution in [2.24, 2.45) is 0 Å². The number of benzene rings is 1. The Balaban J connectivity index is 2.82. The van der Waals surface area contributed by atoms with Gasteiger partial charge in [-0.2, -0.15) is 0 Å². The van der Waals surface area contributed by atoms with Gasteiger partial charge in [-0.05, 0) is 37.1 Å². The molecule has 3 heteroatoms. The zero-order valence-corrected chi connectivity index (χ0v) is 10.2. The third-order valence-electron chi connectivity index (χ3n) is 2.71. The van der Waals surface area contributed by atoms with Gasteiger partial charge in [0.2, 0.25) is 0 Å². The van der Waals surface area contributed by atoms with Crippen molar-refractivity contribution in [3.63, 3.8) is 0 Å². The van der Waals surface area contributed by atoms with Gasteiger partial charge in [0.05, 0.1) is 6.61 Å². The van der Waals surface area contributed by atoms with E-state index in [1.165, 1.54) is 11.3 Å². The van der Waals surface area contributed by atoms with Crippen LogP contribution in [0.3, 0.4) is 0 Å². The topological polar surface area (TPSA) is 49.5 Å². The molecule has 16 heavy (non-hydrogen) atoms. The van der Waals surface area contributed by atoms with Crippen LogP contribution in [0, 0.1) is 6.92 Å². The summed E-state index contributed by atoms with van der Waals surface area (Å²) in [6, 6.07) is 5.93. The second-order valence-electron chi connectivity index (χ2n) is 4.11. The zero-order valence-electron chi connectivity index (χ0n) is 10.2. The van der Waals surface area contributed by atoms with Gasteiger partial charge in [0.1, 0.15) is 0 Å². The molecule has 0 aliphatic heterocycles. The Morgan fingerprint density at radius 3 is 2.62 bits per heavy atom. The first-order valence-electron chi connectivity index (χ1n) is 5.91. The van der Waals surface area contributed by atoms with Gasteiger partial charge < -0.3 is 15.7 Å². The number of aliphatic hydroxyl groups excluding tert-OH is 1. The molecule has 3 N–H and O–H groups in total. The Morgan fingerprint density at radius 2 is 2.06 bits per heavy atom. The lowest BCUT2D eigenvalue weighted by atomic mass is 10.1. The predicted octanol–water partition coefficient (Wildman–Crippen LogP) is 2.18. The molecule has 1 aromatic carbocycles. The molecule has 90 valence electrons. The molecule has 0 saturated carbocycles. The van der Waals surface area contributed by atoms with Crippen LogP contribution in [0.25, 0.3) is 0 Å². The van der Waals surface area contributed by atoms with Gasteiger partial charge in [0.15, 0.2) is 0 Å². The molecule has 0 amide bonds. The van der Waals surface area contributed by atoms with Gasteiger partial charge in [-0.25, -0.2) is 0 Å². The van der Waals surface area contributed by atoms with Gasteiger partial charge in [-0.3, -0.25) is 0 Å². The predicted molar refractivity (Wildman–Crippen MR) is 69.8 cm³/mol. The number of unbranched alkanes of at least 4 members (excludes halogenated alkanes) is 1. The highest BCUT2D eigenvalue weighted by atomic mass is 16.3. The van der Waals surface area contributed by atoms with Crippen LogP contribution in [0.15, 0.2) is 18.2 Å². The third-order valence-corrected chi connectivity index (χ3v) is 2.71. The molecule has 0 aliphatic rings. The molecule has 0 spiro atoms. The van der Waals surface area contributed by atoms with Crippen LogP contribution in [0.4, 0.5) is 11.4 Å². The van der Waals surface area contributed by atoms with E-state index in [0.29, 0.717) is 6.54 Å². The van der Waals surface area contributed by atoms with Crippen LogP contribution in [-0.4, -0.2) is 24.8 Å². The number of nitrogens with zero attached hydrogens (tertiary/aromatic N) is 1. The number of rotatable bonds is 6. The molecule has 0 bridgehead atoms. The van der Waals surface area contributed by atoms with E-state index in [0.717, 1.165) is 25.1 Å². The Morgan fingerprint density at radius 1 is 1.31 bits per heavy atom. The maximum absolute atomic E-state index is 9.08. The number of aliphatic hydroxyl groups is 1. The minimum atomic E-state index is 0.188. The van der Waals surface area contributed by atoms with E-state index >= 15 is 0 Å². The Labute approximate surface area is 97.9 Å². The number of aryl methyl sites for hydroxylation is 1. The van der Waals surface area contributed by atoms with Crippen molar-refractivity contribution in [1.29, 1.82) is 0 Å². The van der Waals surface area contributed by atoms with E-state index in [1.807, 2.05) is 18.2 Å². The van der Waals surface area contributed by atoms with E-state index in [-0.39, 0.29) is 6.61 Å². The summed E-state index contributed by atoms with van der Waals surface area (Å²) in [6.45, 7) is 6.09. The average molecular weight is 222 g/mol. The van der Waals surface area contributed by atoms with Crippen molar-refractivity contribution in [3.8, 4) is 0 Å². The fraction of sp³-hybridized carbons (Fsp3) is 0.538. The van der Waals surface area contributed by atoms with Crippen molar-refractivity contribution in [2.45, 2.75) is 26.7 Å². The molecular formula is C13H22N2O. The highest BCUT2D eigenvalue weighted by molar-refractivity contribution is 5.59. The average Bonchev–Trinajstić information content (AvgIpc) is 2.25. The minimum Gasteiger partial charge on any atom is -0.399 e. The Hall–Kier alpha value is -1.22. The summed E-state index contributed by atoms with van der Waals surface area (Å²) in [7, 11) is 0. The smallest absolute Gasteiger partial charge is 0.0606 e. The second-order valence-corrected chi connectivity index (χ2v) is 4.11. The monoisotopic (exact) mass is 222 g/mol. The maximum atomic E-state index is 9.08. The molecule has 0 aliphatic carbocycles. The first-order valence-corrected chi connectivity index (χ1v) is 5.91. The van der Waals surface area contributed by atoms with Gasteiger partial charge in [-0.15, -0.1) is 0 Å². The fourth-order valence-corrected chi connectivity index (χ4v) is 1.86. The van der Waals surface area contributed by atoms with Crippen molar-refractivity contribution < 1.29 is 5.11 Å². The fourth-order valence-electron chi connectivity index (χ4n) is 1.86. The van der Waals surface area contributed by atoms with Crippen LogP contribution in [0.5, 0.6) is 0 Å². The minimum absolute atomic E-state index is 0.188. The van der Waals surface area contributed by atoms with Crippen molar-refractivity contribution in [1.82, 2.24) is 0 Å². The first kappa shape index (κ1) is 12.8. The molecule has 0 saturated heterocycles. The molecule has 0 radical (unpaired) electrons. The van der Waals surface area contributed by atoms with Crippen LogP contribution in [0.2, 0.25) is 0 Å². The lowest BCUT2D eigenvalue weighted by Crippen LogP contribution is -2.28. The largest absolute Gasteiger partial charge is 0.399 e. The Kier molecular flexibility index (Phi) is 5.12. The van der Waals surface area contributed by atoms with Crippen molar-refractivity contribution in [3.05, 3.63) is 23.8 Å². The van der Waals surface area contributed by atoms with Crippen LogP contribution >= 0.6 is 0 Å². The van der Waals surface area contributed by atoms with Gasteiger partial charge in [0, 0.05) is 24.5 Å². The third kappa shape index (κ3) is 3.42. The summed E-state index contributed by atoms with van der Waals surface area (Å²) in [6.07, 6.45) is 2.31. The Bertz CT molecular complexity index is 326. The summed E-state index contributed by atoms with van der Waals surface area (Å²) in [5.41, 5.74) is 8.87. The second kappa shape index (κ2) is 6.38. The molecule has 0 aromatic heterocycles. The highest BCUT2D eigenvalue weighted by Crippen LogP contribution is 2.22. The van der Waals surface area contributed by atoms with Gasteiger partial charge in [0.25, 0.3) is 0 Å². The molecule has 3 nitrogen and oxygen atoms in total. The lowest BCUT2D eigenvalue weighted by Gasteiger charge is -2.25. The molecule has 1 rings (SSSR count). The lowest BCUT2D eigenvalue weighted by molar-refractivity contribution is 0.301. The van der Waals surface area contributed by atoms with Gasteiger partial charge >= 0.3 is 0 Å². The summed E-state index contributed by atoms with van der Waals surface area (Å²) >= 11 is 0. The van der Waals surface area contributed by atoms with E-state index in [4.69, 9.17) is 10.8 Å². The van der Waals surface area contributed by atoms with Crippen molar-refractivity contribution in [2.75, 3.05) is 30.3 Å². The van der Waals surface area contributed by atoms with Crippen LogP contribution in [0.1, 0.15) is 25.3 Å². The molecule has 0 fully saturated rings. The van der Waals surface area contributed by atoms with Crippen LogP contribution < -0.4 is 10.6 Å². The maximum Gasteiger partial charge on any atom is 0.0606 e. The van der Waals surface area contributed by atoms with E-state index in [1.54, 1.807) is 0 Å². The summed E-state index contributed by atoms with van der Waals surface area (Å²) in [5.74, 6) is 0. The number of hydrogen-bond donors (Lipinski definition) is 2. The number of nitrogens with two attached hydrogens (primary N) is 1.